The van der Waals surface area contributed by atoms with Crippen molar-refractivity contribution in [2.24, 2.45) is 5.92 Å². The first-order valence-corrected chi connectivity index (χ1v) is 14.3. The molecule has 1 saturated carbocycles. The molecule has 2 aliphatic rings. The molecule has 0 radical (unpaired) electrons. The number of anilines is 1. The largest absolute Gasteiger partial charge is 0.480 e. The number of nitrogen functional groups attached to an aromatic ring is 1. The van der Waals surface area contributed by atoms with Crippen LogP contribution in [0.2, 0.25) is 0 Å². The lowest BCUT2D eigenvalue weighted by Crippen LogP contribution is -2.49. The van der Waals surface area contributed by atoms with E-state index in [1.54, 1.807) is 30.3 Å². The number of benzene rings is 1. The molecule has 1 saturated heterocycles. The van der Waals surface area contributed by atoms with Crippen LogP contribution in [0.1, 0.15) is 31.6 Å². The van der Waals surface area contributed by atoms with Gasteiger partial charge in [0.1, 0.15) is 54.2 Å². The predicted octanol–water partition coefficient (Wildman–Crippen LogP) is 2.20. The highest BCUT2D eigenvalue weighted by atomic mass is 31.2. The van der Waals surface area contributed by atoms with Crippen molar-refractivity contribution in [1.29, 1.82) is 0 Å². The van der Waals surface area contributed by atoms with Gasteiger partial charge in [-0.1, -0.05) is 18.2 Å². The average Bonchev–Trinajstić information content (AvgIpc) is 3.61. The maximum atomic E-state index is 14.7. The Kier molecular flexibility index (Phi) is 7.83. The van der Waals surface area contributed by atoms with E-state index in [1.807, 2.05) is 0 Å². The number of hydrogen-bond donors (Lipinski definition) is 4. The van der Waals surface area contributed by atoms with Crippen LogP contribution in [0.25, 0.3) is 5.52 Å². The Hall–Kier alpha value is -3.13. The highest BCUT2D eigenvalue weighted by Gasteiger charge is 2.57. The van der Waals surface area contributed by atoms with Gasteiger partial charge in [-0.15, -0.1) is 0 Å². The summed E-state index contributed by atoms with van der Waals surface area (Å²) in [6.07, 6.45) is -1.87. The van der Waals surface area contributed by atoms with Crippen molar-refractivity contribution in [1.82, 2.24) is 19.3 Å². The summed E-state index contributed by atoms with van der Waals surface area (Å²) in [6.45, 7) is -0.695. The molecule has 1 aliphatic carbocycles. The predicted molar refractivity (Wildman–Crippen MR) is 139 cm³/mol. The van der Waals surface area contributed by atoms with Crippen LogP contribution in [-0.4, -0.2) is 84.2 Å². The van der Waals surface area contributed by atoms with Gasteiger partial charge in [0.25, 0.3) is 0 Å². The Morgan fingerprint density at radius 2 is 2.02 bits per heavy atom. The number of carbonyl (C=O) groups is 1. The second-order valence-corrected chi connectivity index (χ2v) is 12.0. The number of nitrogens with zero attached hydrogens (tertiary/aromatic N) is 4. The molecular weight excluding hydrogens is 548 g/mol. The van der Waals surface area contributed by atoms with E-state index in [9.17, 15) is 29.1 Å². The minimum absolute atomic E-state index is 0.0878. The van der Waals surface area contributed by atoms with Gasteiger partial charge in [0.15, 0.2) is 5.82 Å². The fourth-order valence-electron chi connectivity index (χ4n) is 4.68. The summed E-state index contributed by atoms with van der Waals surface area (Å²) in [5, 5.41) is 35.8. The fourth-order valence-corrected chi connectivity index (χ4v) is 6.71. The molecule has 1 aromatic carbocycles. The molecular formula is C25H31FN5O8P. The normalized spacial score (nSPS) is 27.1. The maximum Gasteiger partial charge on any atom is 0.462 e. The topological polar surface area (TPSA) is 182 Å². The Morgan fingerprint density at radius 3 is 2.67 bits per heavy atom. The monoisotopic (exact) mass is 579 g/mol. The lowest BCUT2D eigenvalue weighted by atomic mass is 9.96. The van der Waals surface area contributed by atoms with Crippen molar-refractivity contribution in [2.45, 2.75) is 49.7 Å². The van der Waals surface area contributed by atoms with Gasteiger partial charge >= 0.3 is 13.7 Å². The number of nitrogens with two attached hydrogens (primary N) is 1. The van der Waals surface area contributed by atoms with Gasteiger partial charge in [0, 0.05) is 6.54 Å². The van der Waals surface area contributed by atoms with Crippen molar-refractivity contribution in [2.75, 3.05) is 25.6 Å². The minimum Gasteiger partial charge on any atom is -0.480 e. The minimum atomic E-state index is -4.48. The molecule has 6 atom stereocenters. The van der Waals surface area contributed by atoms with Crippen LogP contribution in [0.4, 0.5) is 10.2 Å². The third-order valence-corrected chi connectivity index (χ3v) is 9.30. The van der Waals surface area contributed by atoms with Gasteiger partial charge in [-0.25, -0.2) is 18.5 Å². The van der Waals surface area contributed by atoms with Gasteiger partial charge in [-0.3, -0.25) is 9.32 Å². The van der Waals surface area contributed by atoms with E-state index >= 15 is 0 Å². The number of carboxylic acid groups (broad SMARTS) is 1. The number of aliphatic hydroxyl groups is 2. The molecule has 3 heterocycles. The molecule has 40 heavy (non-hydrogen) atoms. The highest BCUT2D eigenvalue weighted by Crippen LogP contribution is 2.56. The molecule has 2 fully saturated rings. The molecule has 13 nitrogen and oxygen atoms in total. The summed E-state index contributed by atoms with van der Waals surface area (Å²) in [4.78, 5) is 15.9. The second kappa shape index (κ2) is 11.0. The Bertz CT molecular complexity index is 1410. The van der Waals surface area contributed by atoms with Crippen LogP contribution in [0.5, 0.6) is 5.75 Å². The summed E-state index contributed by atoms with van der Waals surface area (Å²) in [5.41, 5.74) is 4.40. The van der Waals surface area contributed by atoms with E-state index in [4.69, 9.17) is 19.5 Å². The summed E-state index contributed by atoms with van der Waals surface area (Å²) < 4.78 is 49.0. The number of para-hydroxylation sites is 1. The number of alkyl halides is 1. The van der Waals surface area contributed by atoms with Crippen LogP contribution >= 0.6 is 7.75 Å². The van der Waals surface area contributed by atoms with Gasteiger partial charge < -0.3 is 30.3 Å². The molecule has 216 valence electrons. The van der Waals surface area contributed by atoms with Crippen molar-refractivity contribution in [3.8, 4) is 5.75 Å². The first-order chi connectivity index (χ1) is 19.1. The SMILES string of the molecule is CC(C(=O)O)N(CC1CC1)P(=O)(OC[C@@]1(CF)O[C@@H](c2ccc3c(N)ncnn23)[C@H](O)[C@@H]1O)Oc1ccccc1. The Morgan fingerprint density at radius 1 is 1.30 bits per heavy atom. The molecule has 2 unspecified atom stereocenters. The summed E-state index contributed by atoms with van der Waals surface area (Å²) in [6, 6.07) is 9.89. The Balaban J connectivity index is 1.46. The van der Waals surface area contributed by atoms with E-state index in [2.05, 4.69) is 10.1 Å². The number of ether oxygens (including phenoxy) is 1. The lowest BCUT2D eigenvalue weighted by molar-refractivity contribution is -0.141. The van der Waals surface area contributed by atoms with Crippen molar-refractivity contribution in [3.63, 3.8) is 0 Å². The number of aromatic nitrogens is 3. The van der Waals surface area contributed by atoms with Crippen molar-refractivity contribution >= 4 is 25.1 Å². The molecule has 0 bridgehead atoms. The van der Waals surface area contributed by atoms with Crippen LogP contribution in [-0.2, 0) is 18.6 Å². The second-order valence-electron chi connectivity index (χ2n) is 10.1. The third kappa shape index (κ3) is 5.30. The summed E-state index contributed by atoms with van der Waals surface area (Å²) in [5.74, 6) is -0.863. The molecule has 5 N–H and O–H groups in total. The maximum absolute atomic E-state index is 14.7. The molecule has 15 heteroatoms. The molecule has 1 aliphatic heterocycles. The van der Waals surface area contributed by atoms with Crippen LogP contribution in [0.15, 0.2) is 48.8 Å². The number of carboxylic acids is 1. The van der Waals surface area contributed by atoms with E-state index < -0.39 is 57.0 Å². The average molecular weight is 580 g/mol. The molecule has 5 rings (SSSR count). The summed E-state index contributed by atoms with van der Waals surface area (Å²) >= 11 is 0. The van der Waals surface area contributed by atoms with E-state index in [-0.39, 0.29) is 29.7 Å². The number of aliphatic hydroxyl groups excluding tert-OH is 2. The molecule has 2 aromatic heterocycles. The molecule has 3 aromatic rings. The van der Waals surface area contributed by atoms with E-state index in [1.165, 1.54) is 29.9 Å². The number of halogens is 1. The highest BCUT2D eigenvalue weighted by molar-refractivity contribution is 7.51. The van der Waals surface area contributed by atoms with Crippen LogP contribution in [0, 0.1) is 5.92 Å². The zero-order valence-corrected chi connectivity index (χ0v) is 22.5. The zero-order valence-electron chi connectivity index (χ0n) is 21.6. The molecule has 0 amide bonds. The number of rotatable bonds is 12. The first kappa shape index (κ1) is 28.4. The fraction of sp³-hybridized carbons (Fsp3) is 0.480. The smallest absolute Gasteiger partial charge is 0.462 e. The number of aliphatic carboxylic acids is 1. The quantitative estimate of drug-likeness (QED) is 0.230. The third-order valence-electron chi connectivity index (χ3n) is 7.26. The van der Waals surface area contributed by atoms with Gasteiger partial charge in [-0.05, 0) is 49.9 Å². The molecule has 0 spiro atoms. The van der Waals surface area contributed by atoms with Crippen LogP contribution in [0.3, 0.4) is 0 Å². The number of hydrogen-bond acceptors (Lipinski definition) is 10. The van der Waals surface area contributed by atoms with Crippen molar-refractivity contribution < 1.29 is 42.9 Å². The zero-order chi connectivity index (χ0) is 28.7. The van der Waals surface area contributed by atoms with Gasteiger partial charge in [0.05, 0.1) is 12.3 Å². The van der Waals surface area contributed by atoms with E-state index in [0.29, 0.717) is 5.52 Å². The van der Waals surface area contributed by atoms with Crippen LogP contribution < -0.4 is 10.3 Å². The van der Waals surface area contributed by atoms with Gasteiger partial charge in [-0.2, -0.15) is 9.77 Å². The first-order valence-electron chi connectivity index (χ1n) is 12.8. The lowest BCUT2D eigenvalue weighted by Gasteiger charge is -2.36. The van der Waals surface area contributed by atoms with Gasteiger partial charge in [0.2, 0.25) is 0 Å². The number of fused-ring (bicyclic) bond motifs is 1. The van der Waals surface area contributed by atoms with E-state index in [0.717, 1.165) is 17.5 Å². The summed E-state index contributed by atoms with van der Waals surface area (Å²) in [7, 11) is -4.48. The standard InChI is InChI=1S/C25H31FN5O8P/c1-15(24(34)35)30(11-16-7-8-16)40(36,39-17-5-3-2-4-6-17)37-13-25(12-26)22(33)20(32)21(38-25)18-9-10-19-23(27)28-14-29-31(18)19/h2-6,9-10,14-16,20-22,32-33H,7-8,11-13H2,1H3,(H,34,35)(H2,27,28,29)/t15?,20-,21-,22-,25+,40?/m0/s1. The Labute approximate surface area is 228 Å². The van der Waals surface area contributed by atoms with Crippen molar-refractivity contribution in [3.05, 3.63) is 54.5 Å².